The van der Waals surface area contributed by atoms with Crippen LogP contribution >= 0.6 is 0 Å². The van der Waals surface area contributed by atoms with Crippen LogP contribution in [-0.4, -0.2) is 18.2 Å². The van der Waals surface area contributed by atoms with Gasteiger partial charge in [0.1, 0.15) is 0 Å². The van der Waals surface area contributed by atoms with Gasteiger partial charge in [-0.2, -0.15) is 0 Å². The van der Waals surface area contributed by atoms with Crippen molar-refractivity contribution < 1.29 is 4.74 Å². The molecule has 2 atom stereocenters. The molecule has 2 nitrogen and oxygen atoms in total. The highest BCUT2D eigenvalue weighted by molar-refractivity contribution is 4.95. The minimum absolute atomic E-state index is 0.00495. The van der Waals surface area contributed by atoms with Crippen molar-refractivity contribution in [2.24, 2.45) is 11.7 Å². The first-order valence-electron chi connectivity index (χ1n) is 5.62. The second kappa shape index (κ2) is 3.58. The summed E-state index contributed by atoms with van der Waals surface area (Å²) in [7, 11) is 0. The van der Waals surface area contributed by atoms with Gasteiger partial charge >= 0.3 is 0 Å². The number of rotatable bonds is 2. The minimum Gasteiger partial charge on any atom is -0.374 e. The van der Waals surface area contributed by atoms with E-state index in [0.717, 1.165) is 18.9 Å². The van der Waals surface area contributed by atoms with E-state index in [1.165, 1.54) is 32.1 Å². The van der Waals surface area contributed by atoms with E-state index < -0.39 is 0 Å². The summed E-state index contributed by atoms with van der Waals surface area (Å²) in [6, 6.07) is 0.275. The lowest BCUT2D eigenvalue weighted by Gasteiger charge is -2.34. The molecule has 2 rings (SSSR count). The lowest BCUT2D eigenvalue weighted by atomic mass is 9.83. The third-order valence-electron chi connectivity index (χ3n) is 3.86. The molecular formula is C11H21NO. The highest BCUT2D eigenvalue weighted by Crippen LogP contribution is 2.37. The molecule has 0 radical (unpaired) electrons. The van der Waals surface area contributed by atoms with Crippen molar-refractivity contribution in [3.63, 3.8) is 0 Å². The Bertz CT molecular complexity index is 169. The highest BCUT2D eigenvalue weighted by Gasteiger charge is 2.40. The SMILES string of the molecule is CC1(C(N)C2CCCC2)CCCO1. The fraction of sp³-hybridized carbons (Fsp3) is 1.00. The molecule has 0 bridgehead atoms. The van der Waals surface area contributed by atoms with E-state index in [9.17, 15) is 0 Å². The first-order valence-corrected chi connectivity index (χ1v) is 5.62. The molecule has 2 unspecified atom stereocenters. The van der Waals surface area contributed by atoms with Crippen LogP contribution in [0.1, 0.15) is 45.4 Å². The zero-order valence-electron chi connectivity index (χ0n) is 8.59. The van der Waals surface area contributed by atoms with Crippen LogP contribution < -0.4 is 5.73 Å². The maximum absolute atomic E-state index is 6.29. The van der Waals surface area contributed by atoms with E-state index in [1.807, 2.05) is 0 Å². The van der Waals surface area contributed by atoms with Crippen molar-refractivity contribution in [1.82, 2.24) is 0 Å². The molecule has 1 heterocycles. The second-order valence-electron chi connectivity index (χ2n) is 4.84. The summed E-state index contributed by atoms with van der Waals surface area (Å²) in [5.41, 5.74) is 6.29. The van der Waals surface area contributed by atoms with Crippen LogP contribution in [0.15, 0.2) is 0 Å². The molecule has 2 heteroatoms. The quantitative estimate of drug-likeness (QED) is 0.711. The molecule has 1 saturated heterocycles. The molecule has 0 aromatic heterocycles. The molecule has 76 valence electrons. The molecule has 13 heavy (non-hydrogen) atoms. The van der Waals surface area contributed by atoms with E-state index in [2.05, 4.69) is 6.92 Å². The molecule has 0 aromatic carbocycles. The largest absolute Gasteiger partial charge is 0.374 e. The van der Waals surface area contributed by atoms with Gasteiger partial charge in [0.15, 0.2) is 0 Å². The van der Waals surface area contributed by atoms with Gasteiger partial charge in [0.2, 0.25) is 0 Å². The van der Waals surface area contributed by atoms with Crippen LogP contribution in [0.4, 0.5) is 0 Å². The van der Waals surface area contributed by atoms with Crippen LogP contribution in [0.25, 0.3) is 0 Å². The Morgan fingerprint density at radius 3 is 2.54 bits per heavy atom. The maximum atomic E-state index is 6.29. The molecule has 2 aliphatic rings. The Morgan fingerprint density at radius 1 is 1.31 bits per heavy atom. The number of nitrogens with two attached hydrogens (primary N) is 1. The molecule has 1 saturated carbocycles. The predicted molar refractivity (Wildman–Crippen MR) is 53.5 cm³/mol. The van der Waals surface area contributed by atoms with E-state index in [1.54, 1.807) is 0 Å². The zero-order chi connectivity index (χ0) is 9.31. The van der Waals surface area contributed by atoms with E-state index >= 15 is 0 Å². The molecule has 0 amide bonds. The summed E-state index contributed by atoms with van der Waals surface area (Å²) in [4.78, 5) is 0. The molecular weight excluding hydrogens is 162 g/mol. The average molecular weight is 183 g/mol. The summed E-state index contributed by atoms with van der Waals surface area (Å²) >= 11 is 0. The van der Waals surface area contributed by atoms with Gasteiger partial charge in [0, 0.05) is 12.6 Å². The first kappa shape index (κ1) is 9.47. The summed E-state index contributed by atoms with van der Waals surface area (Å²) in [6.45, 7) is 3.11. The molecule has 2 fully saturated rings. The third kappa shape index (κ3) is 1.75. The van der Waals surface area contributed by atoms with Crippen LogP contribution in [0.2, 0.25) is 0 Å². The summed E-state index contributed by atoms with van der Waals surface area (Å²) in [5.74, 6) is 0.725. The van der Waals surface area contributed by atoms with Gasteiger partial charge in [-0.1, -0.05) is 12.8 Å². The Kier molecular flexibility index (Phi) is 2.61. The van der Waals surface area contributed by atoms with Gasteiger partial charge in [0.25, 0.3) is 0 Å². The Morgan fingerprint density at radius 2 is 2.00 bits per heavy atom. The number of hydrogen-bond acceptors (Lipinski definition) is 2. The zero-order valence-corrected chi connectivity index (χ0v) is 8.59. The lowest BCUT2D eigenvalue weighted by Crippen LogP contribution is -2.49. The lowest BCUT2D eigenvalue weighted by molar-refractivity contribution is -0.0160. The van der Waals surface area contributed by atoms with Gasteiger partial charge in [-0.05, 0) is 38.5 Å². The van der Waals surface area contributed by atoms with Crippen LogP contribution in [0.3, 0.4) is 0 Å². The first-order chi connectivity index (χ1) is 6.22. The van der Waals surface area contributed by atoms with Crippen molar-refractivity contribution in [3.8, 4) is 0 Å². The van der Waals surface area contributed by atoms with Gasteiger partial charge in [0.05, 0.1) is 5.60 Å². The fourth-order valence-electron chi connectivity index (χ4n) is 2.88. The summed E-state index contributed by atoms with van der Waals surface area (Å²) < 4.78 is 5.79. The standard InChI is InChI=1S/C11H21NO/c1-11(7-4-8-13-11)10(12)9-5-2-3-6-9/h9-10H,2-8,12H2,1H3. The van der Waals surface area contributed by atoms with Crippen molar-refractivity contribution in [1.29, 1.82) is 0 Å². The Hall–Kier alpha value is -0.0800. The molecule has 0 aromatic rings. The fourth-order valence-corrected chi connectivity index (χ4v) is 2.88. The summed E-state index contributed by atoms with van der Waals surface area (Å²) in [6.07, 6.45) is 7.73. The van der Waals surface area contributed by atoms with Gasteiger partial charge in [-0.15, -0.1) is 0 Å². The van der Waals surface area contributed by atoms with Crippen molar-refractivity contribution in [3.05, 3.63) is 0 Å². The van der Waals surface area contributed by atoms with Crippen molar-refractivity contribution >= 4 is 0 Å². The maximum Gasteiger partial charge on any atom is 0.0808 e. The topological polar surface area (TPSA) is 35.2 Å². The highest BCUT2D eigenvalue weighted by atomic mass is 16.5. The van der Waals surface area contributed by atoms with Gasteiger partial charge in [-0.3, -0.25) is 0 Å². The van der Waals surface area contributed by atoms with Crippen molar-refractivity contribution in [2.75, 3.05) is 6.61 Å². The number of hydrogen-bond donors (Lipinski definition) is 1. The van der Waals surface area contributed by atoms with E-state index in [4.69, 9.17) is 10.5 Å². The number of ether oxygens (including phenoxy) is 1. The molecule has 1 aliphatic carbocycles. The molecule has 1 aliphatic heterocycles. The Balaban J connectivity index is 1.97. The van der Waals surface area contributed by atoms with Crippen LogP contribution in [-0.2, 0) is 4.74 Å². The van der Waals surface area contributed by atoms with Crippen molar-refractivity contribution in [2.45, 2.75) is 57.1 Å². The monoisotopic (exact) mass is 183 g/mol. The third-order valence-corrected chi connectivity index (χ3v) is 3.86. The van der Waals surface area contributed by atoms with E-state index in [-0.39, 0.29) is 11.6 Å². The average Bonchev–Trinajstić information content (AvgIpc) is 2.73. The van der Waals surface area contributed by atoms with Gasteiger partial charge < -0.3 is 10.5 Å². The normalized spacial score (nSPS) is 38.3. The Labute approximate surface area is 80.8 Å². The molecule has 0 spiro atoms. The van der Waals surface area contributed by atoms with Gasteiger partial charge in [-0.25, -0.2) is 0 Å². The van der Waals surface area contributed by atoms with Crippen LogP contribution in [0.5, 0.6) is 0 Å². The second-order valence-corrected chi connectivity index (χ2v) is 4.84. The minimum atomic E-state index is -0.00495. The molecule has 2 N–H and O–H groups in total. The van der Waals surface area contributed by atoms with Crippen LogP contribution in [0, 0.1) is 5.92 Å². The smallest absolute Gasteiger partial charge is 0.0808 e. The predicted octanol–water partition coefficient (Wildman–Crippen LogP) is 2.07. The van der Waals surface area contributed by atoms with E-state index in [0.29, 0.717) is 0 Å². The summed E-state index contributed by atoms with van der Waals surface area (Å²) in [5, 5.41) is 0.